The van der Waals surface area contributed by atoms with Crippen LogP contribution in [-0.2, 0) is 17.6 Å². The van der Waals surface area contributed by atoms with Crippen LogP contribution in [0, 0.1) is 0 Å². The van der Waals surface area contributed by atoms with E-state index in [-0.39, 0.29) is 5.78 Å². The molecule has 0 saturated heterocycles. The van der Waals surface area contributed by atoms with Crippen molar-refractivity contribution in [1.29, 1.82) is 0 Å². The minimum absolute atomic E-state index is 0.248. The molecule has 92 valence electrons. The fraction of sp³-hybridized carbons (Fsp3) is 0.429. The van der Waals surface area contributed by atoms with Gasteiger partial charge in [0.15, 0.2) is 0 Å². The quantitative estimate of drug-likeness (QED) is 0.786. The van der Waals surface area contributed by atoms with Crippen molar-refractivity contribution in [3.63, 3.8) is 0 Å². The maximum atomic E-state index is 11.7. The summed E-state index contributed by atoms with van der Waals surface area (Å²) in [5.41, 5.74) is 2.39. The lowest BCUT2D eigenvalue weighted by Crippen LogP contribution is -2.22. The average Bonchev–Trinajstić information content (AvgIpc) is 2.29. The molecule has 0 bridgehead atoms. The van der Waals surface area contributed by atoms with Crippen molar-refractivity contribution in [1.82, 2.24) is 5.32 Å². The molecule has 1 aromatic carbocycles. The van der Waals surface area contributed by atoms with Gasteiger partial charge in [-0.3, -0.25) is 4.79 Å². The van der Waals surface area contributed by atoms with E-state index in [1.54, 1.807) is 0 Å². The van der Waals surface area contributed by atoms with Crippen LogP contribution in [0.25, 0.3) is 0 Å². The van der Waals surface area contributed by atoms with Crippen molar-refractivity contribution in [3.05, 3.63) is 35.4 Å². The predicted molar refractivity (Wildman–Crippen MR) is 75.4 cm³/mol. The maximum absolute atomic E-state index is 11.7. The SMILES string of the molecule is CCc1ccc(CC(=O)CCNC(C)=S)cc1. The van der Waals surface area contributed by atoms with Crippen LogP contribution in [0.3, 0.4) is 0 Å². The number of Topliss-reactive ketones (excluding diaryl/α,β-unsaturated/α-hetero) is 1. The lowest BCUT2D eigenvalue weighted by Gasteiger charge is -2.04. The highest BCUT2D eigenvalue weighted by atomic mass is 32.1. The van der Waals surface area contributed by atoms with Crippen molar-refractivity contribution in [2.24, 2.45) is 0 Å². The van der Waals surface area contributed by atoms with Crippen molar-refractivity contribution >= 4 is 23.0 Å². The third-order valence-corrected chi connectivity index (χ3v) is 2.75. The van der Waals surface area contributed by atoms with E-state index in [9.17, 15) is 4.79 Å². The molecule has 0 aromatic heterocycles. The smallest absolute Gasteiger partial charge is 0.139 e. The normalized spacial score (nSPS) is 10.0. The van der Waals surface area contributed by atoms with Gasteiger partial charge in [0, 0.05) is 19.4 Å². The Balaban J connectivity index is 2.37. The molecule has 0 spiro atoms. The molecule has 0 amide bonds. The molecule has 1 aromatic rings. The molecule has 17 heavy (non-hydrogen) atoms. The Labute approximate surface area is 108 Å². The Kier molecular flexibility index (Phi) is 5.84. The number of benzene rings is 1. The number of nitrogens with one attached hydrogen (secondary N) is 1. The van der Waals surface area contributed by atoms with Gasteiger partial charge in [-0.05, 0) is 24.5 Å². The molecule has 0 fully saturated rings. The Hall–Kier alpha value is -1.22. The summed E-state index contributed by atoms with van der Waals surface area (Å²) in [4.78, 5) is 12.4. The van der Waals surface area contributed by atoms with Crippen molar-refractivity contribution in [2.45, 2.75) is 33.1 Å². The van der Waals surface area contributed by atoms with Crippen molar-refractivity contribution in [2.75, 3.05) is 6.54 Å². The summed E-state index contributed by atoms with van der Waals surface area (Å²) in [6.07, 6.45) is 2.08. The molecule has 0 aliphatic heterocycles. The highest BCUT2D eigenvalue weighted by Crippen LogP contribution is 2.06. The second-order valence-corrected chi connectivity index (χ2v) is 4.73. The van der Waals surface area contributed by atoms with Crippen LogP contribution in [0.5, 0.6) is 0 Å². The average molecular weight is 249 g/mol. The lowest BCUT2D eigenvalue weighted by atomic mass is 10.0. The van der Waals surface area contributed by atoms with Gasteiger partial charge in [-0.2, -0.15) is 0 Å². The molecular formula is C14H19NOS. The Bertz CT molecular complexity index is 384. The molecule has 0 saturated carbocycles. The molecule has 0 atom stereocenters. The van der Waals surface area contributed by atoms with Crippen LogP contribution in [0.1, 0.15) is 31.4 Å². The first-order valence-electron chi connectivity index (χ1n) is 5.95. The standard InChI is InChI=1S/C14H19NOS/c1-3-12-4-6-13(7-5-12)10-14(16)8-9-15-11(2)17/h4-7H,3,8-10H2,1-2H3,(H,15,17). The number of ketones is 1. The molecular weight excluding hydrogens is 230 g/mol. The van der Waals surface area contributed by atoms with Gasteiger partial charge in [-0.15, -0.1) is 0 Å². The van der Waals surface area contributed by atoms with Crippen molar-refractivity contribution in [3.8, 4) is 0 Å². The maximum Gasteiger partial charge on any atom is 0.139 e. The Morgan fingerprint density at radius 3 is 2.35 bits per heavy atom. The van der Waals surface area contributed by atoms with Crippen LogP contribution in [0.4, 0.5) is 0 Å². The Morgan fingerprint density at radius 2 is 1.82 bits per heavy atom. The molecule has 0 aliphatic rings. The highest BCUT2D eigenvalue weighted by molar-refractivity contribution is 7.80. The topological polar surface area (TPSA) is 29.1 Å². The molecule has 0 aliphatic carbocycles. The van der Waals surface area contributed by atoms with E-state index in [0.29, 0.717) is 19.4 Å². The minimum Gasteiger partial charge on any atom is -0.379 e. The van der Waals surface area contributed by atoms with Gasteiger partial charge in [-0.1, -0.05) is 43.4 Å². The number of rotatable bonds is 6. The molecule has 1 rings (SSSR count). The summed E-state index contributed by atoms with van der Waals surface area (Å²) in [5.74, 6) is 0.248. The lowest BCUT2D eigenvalue weighted by molar-refractivity contribution is -0.118. The zero-order valence-corrected chi connectivity index (χ0v) is 11.3. The van der Waals surface area contributed by atoms with E-state index in [0.717, 1.165) is 17.0 Å². The largest absolute Gasteiger partial charge is 0.379 e. The monoisotopic (exact) mass is 249 g/mol. The fourth-order valence-corrected chi connectivity index (χ4v) is 1.69. The first kappa shape index (κ1) is 13.8. The highest BCUT2D eigenvalue weighted by Gasteiger charge is 2.03. The summed E-state index contributed by atoms with van der Waals surface area (Å²) >= 11 is 4.88. The van der Waals surface area contributed by atoms with Crippen LogP contribution < -0.4 is 5.32 Å². The van der Waals surface area contributed by atoms with E-state index >= 15 is 0 Å². The summed E-state index contributed by atoms with van der Waals surface area (Å²) in [6.45, 7) is 4.59. The number of aryl methyl sites for hydroxylation is 1. The summed E-state index contributed by atoms with van der Waals surface area (Å²) in [7, 11) is 0. The molecule has 0 heterocycles. The zero-order valence-electron chi connectivity index (χ0n) is 10.5. The van der Waals surface area contributed by atoms with E-state index in [1.165, 1.54) is 5.56 Å². The van der Waals surface area contributed by atoms with E-state index in [2.05, 4.69) is 24.4 Å². The predicted octanol–water partition coefficient (Wildman–Crippen LogP) is 2.69. The van der Waals surface area contributed by atoms with Gasteiger partial charge in [-0.25, -0.2) is 0 Å². The molecule has 2 nitrogen and oxygen atoms in total. The third kappa shape index (κ3) is 5.59. The van der Waals surface area contributed by atoms with Gasteiger partial charge in [0.25, 0.3) is 0 Å². The van der Waals surface area contributed by atoms with Crippen LogP contribution in [-0.4, -0.2) is 17.3 Å². The molecule has 3 heteroatoms. The minimum atomic E-state index is 0.248. The van der Waals surface area contributed by atoms with Crippen LogP contribution >= 0.6 is 12.2 Å². The second-order valence-electron chi connectivity index (χ2n) is 4.12. The number of hydrogen-bond acceptors (Lipinski definition) is 2. The first-order chi connectivity index (χ1) is 8.11. The van der Waals surface area contributed by atoms with E-state index in [4.69, 9.17) is 12.2 Å². The van der Waals surface area contributed by atoms with Crippen molar-refractivity contribution < 1.29 is 4.79 Å². The van der Waals surface area contributed by atoms with Gasteiger partial charge in [0.1, 0.15) is 5.78 Å². The van der Waals surface area contributed by atoms with Gasteiger partial charge < -0.3 is 5.32 Å². The van der Waals surface area contributed by atoms with E-state index < -0.39 is 0 Å². The molecule has 1 N–H and O–H groups in total. The summed E-state index contributed by atoms with van der Waals surface area (Å²) in [5, 5.41) is 2.99. The number of carbonyl (C=O) groups excluding carboxylic acids is 1. The Morgan fingerprint density at radius 1 is 1.24 bits per heavy atom. The van der Waals surface area contributed by atoms with Gasteiger partial charge in [0.2, 0.25) is 0 Å². The fourth-order valence-electron chi connectivity index (χ4n) is 1.59. The number of carbonyl (C=O) groups is 1. The number of hydrogen-bond donors (Lipinski definition) is 1. The summed E-state index contributed by atoms with van der Waals surface area (Å²) < 4.78 is 0. The third-order valence-electron chi connectivity index (χ3n) is 2.61. The molecule has 0 unspecified atom stereocenters. The van der Waals surface area contributed by atoms with Gasteiger partial charge >= 0.3 is 0 Å². The molecule has 0 radical (unpaired) electrons. The van der Waals surface area contributed by atoms with Crippen LogP contribution in [0.15, 0.2) is 24.3 Å². The summed E-state index contributed by atoms with van der Waals surface area (Å²) in [6, 6.07) is 8.24. The number of thiocarbonyl (C=S) groups is 1. The van der Waals surface area contributed by atoms with Crippen LogP contribution in [0.2, 0.25) is 0 Å². The first-order valence-corrected chi connectivity index (χ1v) is 6.36. The van der Waals surface area contributed by atoms with Gasteiger partial charge in [0.05, 0.1) is 4.99 Å². The van der Waals surface area contributed by atoms with E-state index in [1.807, 2.05) is 19.1 Å². The zero-order chi connectivity index (χ0) is 12.7. The second kappa shape index (κ2) is 7.17.